The molecule has 0 atom stereocenters. The summed E-state index contributed by atoms with van der Waals surface area (Å²) in [6, 6.07) is 10.1. The maximum atomic E-state index is 12.4. The number of nitrogens with one attached hydrogen (secondary N) is 2. The lowest BCUT2D eigenvalue weighted by Gasteiger charge is -2.23. The molecular weight excluding hydrogens is 312 g/mol. The first kappa shape index (κ1) is 17.4. The van der Waals surface area contributed by atoms with Crippen LogP contribution in [0.3, 0.4) is 0 Å². The van der Waals surface area contributed by atoms with Gasteiger partial charge in [-0.2, -0.15) is 0 Å². The van der Waals surface area contributed by atoms with Gasteiger partial charge in [-0.1, -0.05) is 45.2 Å². The van der Waals surface area contributed by atoms with Gasteiger partial charge in [0, 0.05) is 17.8 Å². The standard InChI is InChI=1S/C20H26N4O/c1-14(2)15-8-10-17(11-9-15)24-20(25)18-12-19(22-13-21-18)23-16-6-4-3-5-7-16/h8-14,16H,3-7H2,1-2H3,(H,24,25)(H,21,22,23). The molecule has 0 saturated heterocycles. The van der Waals surface area contributed by atoms with Gasteiger partial charge in [-0.25, -0.2) is 9.97 Å². The van der Waals surface area contributed by atoms with E-state index >= 15 is 0 Å². The second kappa shape index (κ2) is 8.10. The topological polar surface area (TPSA) is 66.9 Å². The summed E-state index contributed by atoms with van der Waals surface area (Å²) in [6.45, 7) is 4.30. The van der Waals surface area contributed by atoms with Gasteiger partial charge in [-0.05, 0) is 36.5 Å². The van der Waals surface area contributed by atoms with E-state index in [0.717, 1.165) is 24.3 Å². The van der Waals surface area contributed by atoms with Crippen LogP contribution in [0.4, 0.5) is 11.5 Å². The van der Waals surface area contributed by atoms with Crippen molar-refractivity contribution in [2.75, 3.05) is 10.6 Å². The Morgan fingerprint density at radius 2 is 1.80 bits per heavy atom. The summed E-state index contributed by atoms with van der Waals surface area (Å²) in [5.74, 6) is 0.980. The fourth-order valence-corrected chi connectivity index (χ4v) is 3.16. The number of carbonyl (C=O) groups is 1. The van der Waals surface area contributed by atoms with Crippen LogP contribution in [0.5, 0.6) is 0 Å². The number of hydrogen-bond acceptors (Lipinski definition) is 4. The van der Waals surface area contributed by atoms with E-state index < -0.39 is 0 Å². The van der Waals surface area contributed by atoms with Gasteiger partial charge < -0.3 is 10.6 Å². The summed E-state index contributed by atoms with van der Waals surface area (Å²) in [7, 11) is 0. The maximum absolute atomic E-state index is 12.4. The minimum Gasteiger partial charge on any atom is -0.367 e. The van der Waals surface area contributed by atoms with Crippen LogP contribution < -0.4 is 10.6 Å². The molecule has 1 heterocycles. The van der Waals surface area contributed by atoms with Crippen LogP contribution in [-0.2, 0) is 0 Å². The molecule has 1 aliphatic rings. The molecule has 1 amide bonds. The van der Waals surface area contributed by atoms with E-state index in [1.165, 1.54) is 31.2 Å². The number of nitrogens with zero attached hydrogens (tertiary/aromatic N) is 2. The molecule has 1 saturated carbocycles. The number of anilines is 2. The zero-order valence-corrected chi connectivity index (χ0v) is 15.0. The first-order valence-corrected chi connectivity index (χ1v) is 9.12. The monoisotopic (exact) mass is 338 g/mol. The summed E-state index contributed by atoms with van der Waals surface area (Å²) in [5, 5.41) is 6.33. The Balaban J connectivity index is 1.64. The average molecular weight is 338 g/mol. The van der Waals surface area contributed by atoms with E-state index in [2.05, 4.69) is 34.4 Å². The van der Waals surface area contributed by atoms with Gasteiger partial charge >= 0.3 is 0 Å². The molecule has 5 nitrogen and oxygen atoms in total. The van der Waals surface area contributed by atoms with Crippen molar-refractivity contribution < 1.29 is 4.79 Å². The van der Waals surface area contributed by atoms with Crippen molar-refractivity contribution in [2.24, 2.45) is 0 Å². The van der Waals surface area contributed by atoms with E-state index in [-0.39, 0.29) is 5.91 Å². The van der Waals surface area contributed by atoms with Gasteiger partial charge in [-0.3, -0.25) is 4.79 Å². The Labute approximate surface area is 149 Å². The van der Waals surface area contributed by atoms with E-state index in [1.807, 2.05) is 24.3 Å². The minimum absolute atomic E-state index is 0.216. The van der Waals surface area contributed by atoms with Crippen LogP contribution >= 0.6 is 0 Å². The van der Waals surface area contributed by atoms with E-state index in [0.29, 0.717) is 17.7 Å². The van der Waals surface area contributed by atoms with Crippen LogP contribution in [0.25, 0.3) is 0 Å². The van der Waals surface area contributed by atoms with Gasteiger partial charge in [0.25, 0.3) is 5.91 Å². The third-order valence-electron chi connectivity index (χ3n) is 4.69. The van der Waals surface area contributed by atoms with Crippen LogP contribution in [0.1, 0.15) is 67.9 Å². The second-order valence-electron chi connectivity index (χ2n) is 7.00. The summed E-state index contributed by atoms with van der Waals surface area (Å²) < 4.78 is 0. The van der Waals surface area contributed by atoms with Crippen LogP contribution in [0, 0.1) is 0 Å². The average Bonchev–Trinajstić information content (AvgIpc) is 2.63. The Hall–Kier alpha value is -2.43. The summed E-state index contributed by atoms with van der Waals surface area (Å²) in [6.07, 6.45) is 7.58. The summed E-state index contributed by atoms with van der Waals surface area (Å²) in [4.78, 5) is 20.8. The number of aromatic nitrogens is 2. The lowest BCUT2D eigenvalue weighted by molar-refractivity contribution is 0.102. The van der Waals surface area contributed by atoms with Crippen molar-refractivity contribution in [3.05, 3.63) is 47.9 Å². The molecule has 0 aliphatic heterocycles. The number of hydrogen-bond donors (Lipinski definition) is 2. The van der Waals surface area contributed by atoms with Crippen LogP contribution in [-0.4, -0.2) is 21.9 Å². The molecule has 0 spiro atoms. The summed E-state index contributed by atoms with van der Waals surface area (Å²) in [5.41, 5.74) is 2.40. The minimum atomic E-state index is -0.216. The third kappa shape index (κ3) is 4.78. The molecule has 0 radical (unpaired) electrons. The molecule has 3 rings (SSSR count). The fourth-order valence-electron chi connectivity index (χ4n) is 3.16. The Morgan fingerprint density at radius 1 is 1.08 bits per heavy atom. The van der Waals surface area contributed by atoms with Gasteiger partial charge in [0.05, 0.1) is 0 Å². The predicted octanol–water partition coefficient (Wildman–Crippen LogP) is 4.60. The van der Waals surface area contributed by atoms with Crippen molar-refractivity contribution in [2.45, 2.75) is 57.9 Å². The molecular formula is C20H26N4O. The molecule has 25 heavy (non-hydrogen) atoms. The molecule has 1 fully saturated rings. The smallest absolute Gasteiger partial charge is 0.274 e. The zero-order chi connectivity index (χ0) is 17.6. The van der Waals surface area contributed by atoms with Gasteiger partial charge in [0.15, 0.2) is 0 Å². The molecule has 0 bridgehead atoms. The largest absolute Gasteiger partial charge is 0.367 e. The lowest BCUT2D eigenvalue weighted by atomic mass is 9.95. The van der Waals surface area contributed by atoms with Gasteiger partial charge in [0.2, 0.25) is 0 Å². The molecule has 5 heteroatoms. The van der Waals surface area contributed by atoms with Gasteiger partial charge in [-0.15, -0.1) is 0 Å². The molecule has 1 aromatic carbocycles. The van der Waals surface area contributed by atoms with E-state index in [9.17, 15) is 4.79 Å². The first-order valence-electron chi connectivity index (χ1n) is 9.12. The SMILES string of the molecule is CC(C)c1ccc(NC(=O)c2cc(NC3CCCCC3)ncn2)cc1. The maximum Gasteiger partial charge on any atom is 0.274 e. The van der Waals surface area contributed by atoms with Crippen molar-refractivity contribution in [3.8, 4) is 0 Å². The highest BCUT2D eigenvalue weighted by Crippen LogP contribution is 2.21. The van der Waals surface area contributed by atoms with Crippen molar-refractivity contribution in [1.82, 2.24) is 9.97 Å². The molecule has 132 valence electrons. The lowest BCUT2D eigenvalue weighted by Crippen LogP contribution is -2.23. The van der Waals surface area contributed by atoms with Crippen molar-refractivity contribution in [1.29, 1.82) is 0 Å². The number of amides is 1. The highest BCUT2D eigenvalue weighted by molar-refractivity contribution is 6.03. The summed E-state index contributed by atoms with van der Waals surface area (Å²) >= 11 is 0. The highest BCUT2D eigenvalue weighted by Gasteiger charge is 2.15. The Bertz CT molecular complexity index is 706. The van der Waals surface area contributed by atoms with E-state index in [1.54, 1.807) is 6.07 Å². The van der Waals surface area contributed by atoms with Crippen LogP contribution in [0.2, 0.25) is 0 Å². The third-order valence-corrected chi connectivity index (χ3v) is 4.69. The van der Waals surface area contributed by atoms with E-state index in [4.69, 9.17) is 0 Å². The molecule has 2 aromatic rings. The van der Waals surface area contributed by atoms with Gasteiger partial charge in [0.1, 0.15) is 17.8 Å². The molecule has 0 unspecified atom stereocenters. The molecule has 1 aromatic heterocycles. The second-order valence-corrected chi connectivity index (χ2v) is 7.00. The van der Waals surface area contributed by atoms with Crippen molar-refractivity contribution >= 4 is 17.4 Å². The first-order chi connectivity index (χ1) is 12.1. The Kier molecular flexibility index (Phi) is 5.64. The fraction of sp³-hybridized carbons (Fsp3) is 0.450. The van der Waals surface area contributed by atoms with Crippen molar-refractivity contribution in [3.63, 3.8) is 0 Å². The quantitative estimate of drug-likeness (QED) is 0.836. The molecule has 2 N–H and O–H groups in total. The Morgan fingerprint density at radius 3 is 2.48 bits per heavy atom. The number of benzene rings is 1. The number of carbonyl (C=O) groups excluding carboxylic acids is 1. The zero-order valence-electron chi connectivity index (χ0n) is 15.0. The highest BCUT2D eigenvalue weighted by atomic mass is 16.1. The van der Waals surface area contributed by atoms with Crippen LogP contribution in [0.15, 0.2) is 36.7 Å². The normalized spacial score (nSPS) is 15.2. The molecule has 1 aliphatic carbocycles. The number of rotatable bonds is 5. The predicted molar refractivity (Wildman–Crippen MR) is 101 cm³/mol.